The van der Waals surface area contributed by atoms with E-state index < -0.39 is 5.97 Å². The van der Waals surface area contributed by atoms with Crippen LogP contribution in [0.25, 0.3) is 0 Å². The molecular weight excluding hydrogens is 124 g/mol. The fourth-order valence-electron chi connectivity index (χ4n) is 0.356. The van der Waals surface area contributed by atoms with Gasteiger partial charge in [-0.3, -0.25) is 0 Å². The van der Waals surface area contributed by atoms with E-state index in [-0.39, 0.29) is 10.2 Å². The van der Waals surface area contributed by atoms with Crippen molar-refractivity contribution in [2.45, 2.75) is 0 Å². The van der Waals surface area contributed by atoms with Crippen molar-refractivity contribution >= 4 is 17.3 Å². The van der Waals surface area contributed by atoms with Crippen LogP contribution >= 0.6 is 11.3 Å². The van der Waals surface area contributed by atoms with Gasteiger partial charge in [0.15, 0.2) is 0 Å². The molecule has 1 aromatic rings. The molecule has 1 aromatic heterocycles. The zero-order valence-electron chi connectivity index (χ0n) is 4.92. The summed E-state index contributed by atoms with van der Waals surface area (Å²) in [6.45, 7) is 0. The highest BCUT2D eigenvalue weighted by molar-refractivity contribution is 7.11. The lowest BCUT2D eigenvalue weighted by molar-refractivity contribution is 0.0702. The molecule has 0 saturated carbocycles. The summed E-state index contributed by atoms with van der Waals surface area (Å²) in [5.41, 5.74) is 0. The fourth-order valence-corrected chi connectivity index (χ4v) is 0.843. The van der Waals surface area contributed by atoms with Crippen molar-refractivity contribution in [3.05, 3.63) is 22.4 Å². The Morgan fingerprint density at radius 2 is 2.75 bits per heavy atom. The number of hydrogen-bond donors (Lipinski definition) is 1. The molecule has 0 spiro atoms. The third kappa shape index (κ3) is 0.869. The van der Waals surface area contributed by atoms with Crippen molar-refractivity contribution in [3.63, 3.8) is 0 Å². The first-order valence-electron chi connectivity index (χ1n) is 2.50. The molecule has 0 bridgehead atoms. The van der Waals surface area contributed by atoms with E-state index in [0.29, 0.717) is 0 Å². The van der Waals surface area contributed by atoms with Gasteiger partial charge in [-0.15, -0.1) is 11.3 Å². The fraction of sp³-hybridized carbons (Fsp3) is 0. The molecule has 0 radical (unpaired) electrons. The highest BCUT2D eigenvalue weighted by Gasteiger charge is 1.99. The van der Waals surface area contributed by atoms with Gasteiger partial charge in [-0.1, -0.05) is 6.07 Å². The van der Waals surface area contributed by atoms with Crippen molar-refractivity contribution in [3.8, 4) is 0 Å². The van der Waals surface area contributed by atoms with Crippen LogP contribution in [0.2, 0.25) is 0 Å². The first kappa shape index (κ1) is 4.09. The lowest BCUT2D eigenvalue weighted by atomic mass is 10.5. The number of thiophene rings is 1. The molecule has 0 aliphatic rings. The van der Waals surface area contributed by atoms with Crippen LogP contribution in [0.4, 0.5) is 0 Å². The summed E-state index contributed by atoms with van der Waals surface area (Å²) in [4.78, 5) is 10.4. The molecule has 0 amide bonds. The summed E-state index contributed by atoms with van der Waals surface area (Å²) < 4.78 is 6.96. The molecule has 0 fully saturated rings. The molecule has 1 N–H and O–H groups in total. The molecule has 0 saturated heterocycles. The smallest absolute Gasteiger partial charge is 0.345 e. The summed E-state index contributed by atoms with van der Waals surface area (Å²) in [6, 6.07) is 2.89. The Kier molecular flexibility index (Phi) is 1.00. The maximum Gasteiger partial charge on any atom is 0.345 e. The van der Waals surface area contributed by atoms with Gasteiger partial charge in [-0.05, 0) is 11.4 Å². The molecule has 0 aromatic carbocycles. The number of carboxylic acids is 1. The minimum Gasteiger partial charge on any atom is -0.477 e. The normalized spacial score (nSPS) is 10.8. The van der Waals surface area contributed by atoms with Gasteiger partial charge in [0.25, 0.3) is 0 Å². The molecule has 0 atom stereocenters. The van der Waals surface area contributed by atoms with Crippen LogP contribution in [0.3, 0.4) is 0 Å². The molecule has 42 valence electrons. The predicted molar refractivity (Wildman–Crippen MR) is 31.3 cm³/mol. The van der Waals surface area contributed by atoms with Crippen LogP contribution in [0.1, 0.15) is 11.0 Å². The lowest BCUT2D eigenvalue weighted by Crippen LogP contribution is -1.89. The average Bonchev–Trinajstić information content (AvgIpc) is 2.14. The SMILES string of the molecule is [2H]c1ccc(C(=O)O)s1. The van der Waals surface area contributed by atoms with Crippen LogP contribution in [0.15, 0.2) is 17.5 Å². The summed E-state index contributed by atoms with van der Waals surface area (Å²) >= 11 is 0.963. The Hall–Kier alpha value is -0.830. The first-order chi connectivity index (χ1) is 4.20. The Labute approximate surface area is 51.8 Å². The maximum atomic E-state index is 10.1. The van der Waals surface area contributed by atoms with Gasteiger partial charge in [-0.2, -0.15) is 0 Å². The van der Waals surface area contributed by atoms with E-state index in [1.54, 1.807) is 0 Å². The van der Waals surface area contributed by atoms with E-state index in [1.165, 1.54) is 12.1 Å². The first-order valence-corrected chi connectivity index (χ1v) is 2.81. The zero-order chi connectivity index (χ0) is 6.85. The molecule has 1 rings (SSSR count). The molecule has 2 nitrogen and oxygen atoms in total. The van der Waals surface area contributed by atoms with E-state index in [2.05, 4.69) is 0 Å². The van der Waals surface area contributed by atoms with Gasteiger partial charge < -0.3 is 5.11 Å². The van der Waals surface area contributed by atoms with Gasteiger partial charge in [0, 0.05) is 0 Å². The number of carbonyl (C=O) groups is 1. The lowest BCUT2D eigenvalue weighted by Gasteiger charge is -1.78. The highest BCUT2D eigenvalue weighted by atomic mass is 32.1. The second kappa shape index (κ2) is 1.96. The molecular formula is C5H4O2S. The van der Waals surface area contributed by atoms with Gasteiger partial charge in [0.05, 0.1) is 1.37 Å². The Balaban J connectivity index is 2.98. The second-order valence-electron chi connectivity index (χ2n) is 1.22. The maximum absolute atomic E-state index is 10.1. The summed E-state index contributed by atoms with van der Waals surface area (Å²) in [7, 11) is 0. The number of rotatable bonds is 1. The van der Waals surface area contributed by atoms with Crippen LogP contribution in [0.5, 0.6) is 0 Å². The van der Waals surface area contributed by atoms with E-state index in [9.17, 15) is 4.79 Å². The van der Waals surface area contributed by atoms with Crippen molar-refractivity contribution in [1.29, 1.82) is 0 Å². The third-order valence-electron chi connectivity index (χ3n) is 0.682. The Morgan fingerprint density at radius 1 is 2.00 bits per heavy atom. The van der Waals surface area contributed by atoms with Gasteiger partial charge in [-0.25, -0.2) is 4.79 Å². The van der Waals surface area contributed by atoms with Crippen molar-refractivity contribution in [2.75, 3.05) is 0 Å². The van der Waals surface area contributed by atoms with Crippen LogP contribution in [0, 0.1) is 0 Å². The average molecular weight is 129 g/mol. The van der Waals surface area contributed by atoms with E-state index in [0.717, 1.165) is 11.3 Å². The number of aromatic carboxylic acids is 1. The Bertz CT molecular complexity index is 231. The molecule has 0 aliphatic heterocycles. The van der Waals surface area contributed by atoms with E-state index in [4.69, 9.17) is 6.48 Å². The second-order valence-corrected chi connectivity index (χ2v) is 2.10. The molecule has 3 heteroatoms. The van der Waals surface area contributed by atoms with Crippen molar-refractivity contribution < 1.29 is 11.3 Å². The number of carboxylic acid groups (broad SMARTS) is 1. The minimum atomic E-state index is -0.960. The zero-order valence-corrected chi connectivity index (χ0v) is 4.73. The van der Waals surface area contributed by atoms with Crippen LogP contribution in [-0.2, 0) is 0 Å². The summed E-state index contributed by atoms with van der Waals surface area (Å²) in [6.07, 6.45) is 0. The van der Waals surface area contributed by atoms with E-state index in [1.807, 2.05) is 0 Å². The van der Waals surface area contributed by atoms with Gasteiger partial charge >= 0.3 is 5.97 Å². The minimum absolute atomic E-state index is 0.222. The molecule has 8 heavy (non-hydrogen) atoms. The standard InChI is InChI=1S/C5H4O2S/c6-5(7)4-2-1-3-8-4/h1-3H,(H,6,7)/i3D. The Morgan fingerprint density at radius 3 is 3.00 bits per heavy atom. The van der Waals surface area contributed by atoms with Crippen molar-refractivity contribution in [2.24, 2.45) is 0 Å². The highest BCUT2D eigenvalue weighted by Crippen LogP contribution is 2.06. The van der Waals surface area contributed by atoms with Crippen molar-refractivity contribution in [1.82, 2.24) is 0 Å². The van der Waals surface area contributed by atoms with Gasteiger partial charge in [0.1, 0.15) is 4.88 Å². The topological polar surface area (TPSA) is 37.3 Å². The monoisotopic (exact) mass is 129 g/mol. The third-order valence-corrected chi connectivity index (χ3v) is 1.47. The number of hydrogen-bond acceptors (Lipinski definition) is 2. The predicted octanol–water partition coefficient (Wildman–Crippen LogP) is 1.45. The van der Waals surface area contributed by atoms with Crippen LogP contribution in [-0.4, -0.2) is 11.1 Å². The van der Waals surface area contributed by atoms with Crippen LogP contribution < -0.4 is 0 Å². The molecule has 0 aliphatic carbocycles. The van der Waals surface area contributed by atoms with Gasteiger partial charge in [0.2, 0.25) is 0 Å². The summed E-state index contributed by atoms with van der Waals surface area (Å²) in [5, 5.41) is 8.61. The quantitative estimate of drug-likeness (QED) is 0.623. The summed E-state index contributed by atoms with van der Waals surface area (Å²) in [5.74, 6) is -0.960. The molecule has 0 unspecified atom stereocenters. The van der Waals surface area contributed by atoms with E-state index >= 15 is 0 Å². The largest absolute Gasteiger partial charge is 0.477 e. The molecule has 1 heterocycles.